The van der Waals surface area contributed by atoms with Gasteiger partial charge in [0.15, 0.2) is 0 Å². The lowest BCUT2D eigenvalue weighted by molar-refractivity contribution is -0.153. The molecule has 0 bridgehead atoms. The molecule has 7 heteroatoms. The summed E-state index contributed by atoms with van der Waals surface area (Å²) in [4.78, 5) is 34.2. The number of likely N-dealkylation sites (tertiary alicyclic amines) is 1. The summed E-state index contributed by atoms with van der Waals surface area (Å²) in [5.74, 6) is -0.820. The lowest BCUT2D eigenvalue weighted by atomic mass is 9.71. The number of carbonyl (C=O) groups is 2. The molecule has 3 heterocycles. The number of H-pyrrole nitrogens is 1. The van der Waals surface area contributed by atoms with Crippen LogP contribution in [0.3, 0.4) is 0 Å². The van der Waals surface area contributed by atoms with Gasteiger partial charge in [-0.25, -0.2) is 4.98 Å². The van der Waals surface area contributed by atoms with Gasteiger partial charge in [0, 0.05) is 36.8 Å². The molecule has 0 aromatic carbocycles. The van der Waals surface area contributed by atoms with Crippen LogP contribution in [0.2, 0.25) is 5.02 Å². The Bertz CT molecular complexity index is 896. The van der Waals surface area contributed by atoms with Gasteiger partial charge in [-0.2, -0.15) is 0 Å². The summed E-state index contributed by atoms with van der Waals surface area (Å²) in [5, 5.41) is 11.1. The quantitative estimate of drug-likeness (QED) is 0.800. The van der Waals surface area contributed by atoms with E-state index in [4.69, 9.17) is 11.6 Å². The Labute approximate surface area is 169 Å². The van der Waals surface area contributed by atoms with Crippen molar-refractivity contribution in [3.8, 4) is 0 Å². The molecule has 2 fully saturated rings. The Hall–Kier alpha value is -2.08. The van der Waals surface area contributed by atoms with E-state index < -0.39 is 5.97 Å². The van der Waals surface area contributed by atoms with Crippen molar-refractivity contribution in [2.45, 2.75) is 57.4 Å². The molecule has 0 radical (unpaired) electrons. The minimum absolute atomic E-state index is 0.00203. The number of carboxylic acids is 1. The predicted molar refractivity (Wildman–Crippen MR) is 107 cm³/mol. The molecule has 4 atom stereocenters. The number of aromatic amines is 1. The summed E-state index contributed by atoms with van der Waals surface area (Å²) < 4.78 is 0. The van der Waals surface area contributed by atoms with E-state index in [1.165, 1.54) is 0 Å². The smallest absolute Gasteiger partial charge is 0.306 e. The van der Waals surface area contributed by atoms with Gasteiger partial charge >= 0.3 is 5.97 Å². The first-order chi connectivity index (χ1) is 13.5. The number of aliphatic carboxylic acids is 1. The van der Waals surface area contributed by atoms with E-state index in [9.17, 15) is 14.7 Å². The van der Waals surface area contributed by atoms with E-state index in [1.807, 2.05) is 18.0 Å². The number of carboxylic acid groups (broad SMARTS) is 1. The van der Waals surface area contributed by atoms with Gasteiger partial charge in [0.05, 0.1) is 10.9 Å². The van der Waals surface area contributed by atoms with E-state index in [0.29, 0.717) is 24.4 Å². The standard InChI is InChI=1S/C21H26ClN3O3/c1-12(15-11-24-20-19(15)16(22)6-8-23-20)10-18(26)25-9-7-14(21(27)28)13-4-2-3-5-17(13)25/h6,8,11-14,17H,2-5,7,9-10H2,1H3,(H,23,24)(H,27,28). The van der Waals surface area contributed by atoms with Gasteiger partial charge in [-0.1, -0.05) is 31.4 Å². The number of nitrogens with zero attached hydrogens (tertiary/aromatic N) is 2. The number of nitrogens with one attached hydrogen (secondary N) is 1. The van der Waals surface area contributed by atoms with Crippen LogP contribution in [-0.2, 0) is 9.59 Å². The fourth-order valence-electron chi connectivity index (χ4n) is 5.19. The number of halogens is 1. The number of pyridine rings is 1. The van der Waals surface area contributed by atoms with Gasteiger partial charge in [-0.05, 0) is 42.7 Å². The third-order valence-electron chi connectivity index (χ3n) is 6.58. The molecule has 1 saturated carbocycles. The Morgan fingerprint density at radius 2 is 2.14 bits per heavy atom. The van der Waals surface area contributed by atoms with Crippen molar-refractivity contribution in [1.82, 2.24) is 14.9 Å². The molecule has 6 nitrogen and oxygen atoms in total. The second-order valence-corrected chi connectivity index (χ2v) is 8.61. The molecular weight excluding hydrogens is 378 g/mol. The molecule has 2 N–H and O–H groups in total. The van der Waals surface area contributed by atoms with Crippen LogP contribution in [0.5, 0.6) is 0 Å². The molecule has 2 aromatic rings. The van der Waals surface area contributed by atoms with Gasteiger partial charge in [0.2, 0.25) is 5.91 Å². The van der Waals surface area contributed by atoms with Crippen LogP contribution in [0.25, 0.3) is 11.0 Å². The van der Waals surface area contributed by atoms with Gasteiger partial charge in [0.1, 0.15) is 5.65 Å². The first kappa shape index (κ1) is 19.2. The average molecular weight is 404 g/mol. The maximum atomic E-state index is 13.2. The van der Waals surface area contributed by atoms with Crippen LogP contribution >= 0.6 is 11.6 Å². The molecule has 0 spiro atoms. The molecule has 2 aromatic heterocycles. The molecule has 1 aliphatic carbocycles. The van der Waals surface area contributed by atoms with Crippen LogP contribution in [0.1, 0.15) is 56.9 Å². The van der Waals surface area contributed by atoms with Crippen molar-refractivity contribution in [3.63, 3.8) is 0 Å². The zero-order chi connectivity index (χ0) is 19.8. The molecular formula is C21H26ClN3O3. The predicted octanol–water partition coefficient (Wildman–Crippen LogP) is 4.20. The third-order valence-corrected chi connectivity index (χ3v) is 6.90. The van der Waals surface area contributed by atoms with Gasteiger partial charge < -0.3 is 15.0 Å². The topological polar surface area (TPSA) is 86.3 Å². The Morgan fingerprint density at radius 3 is 2.93 bits per heavy atom. The highest BCUT2D eigenvalue weighted by molar-refractivity contribution is 6.35. The van der Waals surface area contributed by atoms with Crippen LogP contribution in [0.4, 0.5) is 0 Å². The number of hydrogen-bond acceptors (Lipinski definition) is 3. The van der Waals surface area contributed by atoms with Gasteiger partial charge in [-0.15, -0.1) is 0 Å². The highest BCUT2D eigenvalue weighted by atomic mass is 35.5. The Morgan fingerprint density at radius 1 is 1.36 bits per heavy atom. The van der Waals surface area contributed by atoms with E-state index >= 15 is 0 Å². The monoisotopic (exact) mass is 403 g/mol. The van der Waals surface area contributed by atoms with Gasteiger partial charge in [-0.3, -0.25) is 9.59 Å². The van der Waals surface area contributed by atoms with Crippen molar-refractivity contribution < 1.29 is 14.7 Å². The maximum absolute atomic E-state index is 13.2. The fourth-order valence-corrected chi connectivity index (χ4v) is 5.44. The van der Waals surface area contributed by atoms with Crippen LogP contribution in [0.15, 0.2) is 18.5 Å². The van der Waals surface area contributed by atoms with Crippen molar-refractivity contribution >= 4 is 34.5 Å². The Balaban J connectivity index is 1.52. The number of rotatable bonds is 4. The first-order valence-electron chi connectivity index (χ1n) is 10.1. The number of carbonyl (C=O) groups excluding carboxylic acids is 1. The summed E-state index contributed by atoms with van der Waals surface area (Å²) >= 11 is 6.36. The maximum Gasteiger partial charge on any atom is 0.306 e. The minimum Gasteiger partial charge on any atom is -0.481 e. The average Bonchev–Trinajstić information content (AvgIpc) is 3.12. The SMILES string of the molecule is CC(CC(=O)N1CCC(C(=O)O)C2CCCCC21)c1c[nH]c2nccc(Cl)c12. The second kappa shape index (κ2) is 7.74. The summed E-state index contributed by atoms with van der Waals surface area (Å²) in [6.07, 6.45) is 8.44. The summed E-state index contributed by atoms with van der Waals surface area (Å²) in [6.45, 7) is 2.58. The zero-order valence-corrected chi connectivity index (χ0v) is 16.8. The summed E-state index contributed by atoms with van der Waals surface area (Å²) in [5.41, 5.74) is 1.73. The second-order valence-electron chi connectivity index (χ2n) is 8.20. The minimum atomic E-state index is -0.710. The lowest BCUT2D eigenvalue weighted by Crippen LogP contribution is -2.54. The van der Waals surface area contributed by atoms with Crippen molar-refractivity contribution in [2.24, 2.45) is 11.8 Å². The van der Waals surface area contributed by atoms with Crippen molar-refractivity contribution in [3.05, 3.63) is 29.0 Å². The molecule has 4 rings (SSSR count). The van der Waals surface area contributed by atoms with Crippen LogP contribution in [-0.4, -0.2) is 44.4 Å². The molecule has 1 amide bonds. The van der Waals surface area contributed by atoms with Crippen LogP contribution in [0, 0.1) is 11.8 Å². The van der Waals surface area contributed by atoms with E-state index in [-0.39, 0.29) is 29.7 Å². The summed E-state index contributed by atoms with van der Waals surface area (Å²) in [6, 6.07) is 1.83. The molecule has 4 unspecified atom stereocenters. The number of amides is 1. The number of hydrogen-bond donors (Lipinski definition) is 2. The number of aromatic nitrogens is 2. The largest absolute Gasteiger partial charge is 0.481 e. The number of piperidine rings is 1. The highest BCUT2D eigenvalue weighted by Crippen LogP contribution is 2.40. The zero-order valence-electron chi connectivity index (χ0n) is 16.0. The molecule has 1 aliphatic heterocycles. The van der Waals surface area contributed by atoms with Crippen molar-refractivity contribution in [1.29, 1.82) is 0 Å². The molecule has 28 heavy (non-hydrogen) atoms. The highest BCUT2D eigenvalue weighted by Gasteiger charge is 2.44. The fraction of sp³-hybridized carbons (Fsp3) is 0.571. The van der Waals surface area contributed by atoms with E-state index in [2.05, 4.69) is 9.97 Å². The first-order valence-corrected chi connectivity index (χ1v) is 10.5. The number of fused-ring (bicyclic) bond motifs is 2. The summed E-state index contributed by atoms with van der Waals surface area (Å²) in [7, 11) is 0. The van der Waals surface area contributed by atoms with Crippen molar-refractivity contribution in [2.75, 3.05) is 6.54 Å². The molecule has 2 aliphatic rings. The van der Waals surface area contributed by atoms with E-state index in [1.54, 1.807) is 12.3 Å². The lowest BCUT2D eigenvalue weighted by Gasteiger charge is -2.47. The normalized spacial score (nSPS) is 26.1. The Kier molecular flexibility index (Phi) is 5.32. The molecule has 150 valence electrons. The van der Waals surface area contributed by atoms with Gasteiger partial charge in [0.25, 0.3) is 0 Å². The molecule has 1 saturated heterocycles. The van der Waals surface area contributed by atoms with E-state index in [0.717, 1.165) is 42.3 Å². The van der Waals surface area contributed by atoms with Crippen LogP contribution < -0.4 is 0 Å². The third kappa shape index (κ3) is 3.39.